The van der Waals surface area contributed by atoms with E-state index in [2.05, 4.69) is 35.8 Å². The number of benzene rings is 1. The zero-order valence-corrected chi connectivity index (χ0v) is 16.6. The van der Waals surface area contributed by atoms with Crippen LogP contribution in [0, 0.1) is 0 Å². The average molecular weight is 408 g/mol. The van der Waals surface area contributed by atoms with E-state index in [4.69, 9.17) is 0 Å². The summed E-state index contributed by atoms with van der Waals surface area (Å²) < 4.78 is 1.97. The number of aryl methyl sites for hydroxylation is 1. The van der Waals surface area contributed by atoms with Crippen LogP contribution >= 0.6 is 11.8 Å². The van der Waals surface area contributed by atoms with Gasteiger partial charge in [0.15, 0.2) is 5.16 Å². The molecule has 0 aliphatic rings. The number of thioether (sulfide) groups is 1. The predicted molar refractivity (Wildman–Crippen MR) is 112 cm³/mol. The van der Waals surface area contributed by atoms with Gasteiger partial charge in [-0.3, -0.25) is 9.89 Å². The number of carbonyl (C=O) groups is 1. The summed E-state index contributed by atoms with van der Waals surface area (Å²) in [5.41, 5.74) is 2.16. The van der Waals surface area contributed by atoms with Gasteiger partial charge in [-0.1, -0.05) is 11.8 Å². The van der Waals surface area contributed by atoms with Crippen molar-refractivity contribution in [3.8, 4) is 0 Å². The van der Waals surface area contributed by atoms with Crippen molar-refractivity contribution in [3.63, 3.8) is 0 Å². The Labute approximate surface area is 171 Å². The molecule has 4 rings (SSSR count). The first-order valence-corrected chi connectivity index (χ1v) is 10.3. The predicted octanol–water partition coefficient (Wildman–Crippen LogP) is 2.83. The third kappa shape index (κ3) is 4.54. The maximum atomic E-state index is 12.7. The fourth-order valence-corrected chi connectivity index (χ4v) is 3.20. The monoisotopic (exact) mass is 408 g/mol. The van der Waals surface area contributed by atoms with Crippen molar-refractivity contribution < 1.29 is 4.79 Å². The number of H-pyrrole nitrogens is 1. The number of nitrogens with zero attached hydrogens (tertiary/aromatic N) is 5. The number of hydrogen-bond donors (Lipinski definition) is 3. The summed E-state index contributed by atoms with van der Waals surface area (Å²) in [4.78, 5) is 25.5. The Balaban J connectivity index is 1.47. The summed E-state index contributed by atoms with van der Waals surface area (Å²) in [6.45, 7) is 1.33. The standard InChI is InChI=1S/C19H20N8OS/c1-29-19-22-11-15(18(28)21-5-2-7-27-8-6-20-12-27)17(25-19)24-14-3-4-16-13(9-14)10-23-26-16/h3-4,6,8-12H,2,5,7H2,1H3,(H,21,28)(H,23,26)(H,22,24,25). The molecule has 10 heteroatoms. The van der Waals surface area contributed by atoms with E-state index in [1.165, 1.54) is 11.8 Å². The van der Waals surface area contributed by atoms with E-state index in [1.54, 1.807) is 24.9 Å². The van der Waals surface area contributed by atoms with Gasteiger partial charge in [0.25, 0.3) is 5.91 Å². The quantitative estimate of drug-likeness (QED) is 0.233. The van der Waals surface area contributed by atoms with Crippen LogP contribution < -0.4 is 10.6 Å². The molecule has 0 bridgehead atoms. The molecule has 0 spiro atoms. The number of imidazole rings is 1. The van der Waals surface area contributed by atoms with Gasteiger partial charge < -0.3 is 15.2 Å². The minimum absolute atomic E-state index is 0.213. The fraction of sp³-hybridized carbons (Fsp3) is 0.211. The van der Waals surface area contributed by atoms with E-state index in [-0.39, 0.29) is 5.91 Å². The van der Waals surface area contributed by atoms with Crippen LogP contribution in [-0.2, 0) is 6.54 Å². The molecular weight excluding hydrogens is 388 g/mol. The Morgan fingerprint density at radius 3 is 3.07 bits per heavy atom. The Bertz CT molecular complexity index is 1110. The highest BCUT2D eigenvalue weighted by molar-refractivity contribution is 7.98. The molecule has 0 fully saturated rings. The summed E-state index contributed by atoms with van der Waals surface area (Å²) >= 11 is 1.42. The molecule has 29 heavy (non-hydrogen) atoms. The molecule has 0 unspecified atom stereocenters. The molecule has 0 saturated carbocycles. The maximum Gasteiger partial charge on any atom is 0.256 e. The molecule has 0 saturated heterocycles. The van der Waals surface area contributed by atoms with Gasteiger partial charge in [0.1, 0.15) is 11.4 Å². The molecule has 3 aromatic heterocycles. The second-order valence-electron chi connectivity index (χ2n) is 6.33. The van der Waals surface area contributed by atoms with Crippen LogP contribution in [0.3, 0.4) is 0 Å². The Kier molecular flexibility index (Phi) is 5.71. The number of fused-ring (bicyclic) bond motifs is 1. The number of anilines is 2. The minimum Gasteiger partial charge on any atom is -0.352 e. The number of hydrogen-bond acceptors (Lipinski definition) is 7. The van der Waals surface area contributed by atoms with Gasteiger partial charge in [-0.15, -0.1) is 0 Å². The van der Waals surface area contributed by atoms with E-state index in [9.17, 15) is 4.79 Å². The summed E-state index contributed by atoms with van der Waals surface area (Å²) in [7, 11) is 0. The Hall–Kier alpha value is -3.40. The lowest BCUT2D eigenvalue weighted by atomic mass is 10.2. The van der Waals surface area contributed by atoms with Crippen molar-refractivity contribution in [1.29, 1.82) is 0 Å². The molecule has 1 amide bonds. The third-order valence-electron chi connectivity index (χ3n) is 4.33. The lowest BCUT2D eigenvalue weighted by Gasteiger charge is -2.12. The summed E-state index contributed by atoms with van der Waals surface area (Å²) in [5, 5.41) is 14.7. The minimum atomic E-state index is -0.213. The van der Waals surface area contributed by atoms with E-state index in [0.717, 1.165) is 29.6 Å². The van der Waals surface area contributed by atoms with Gasteiger partial charge in [0.05, 0.1) is 18.0 Å². The van der Waals surface area contributed by atoms with Crippen LogP contribution in [0.4, 0.5) is 11.5 Å². The van der Waals surface area contributed by atoms with Gasteiger partial charge in [-0.25, -0.2) is 15.0 Å². The molecule has 0 aliphatic carbocycles. The first-order valence-electron chi connectivity index (χ1n) is 9.08. The average Bonchev–Trinajstić information content (AvgIpc) is 3.42. The van der Waals surface area contributed by atoms with Crippen LogP contribution in [0.2, 0.25) is 0 Å². The number of nitrogens with one attached hydrogen (secondary N) is 3. The van der Waals surface area contributed by atoms with Gasteiger partial charge in [0, 0.05) is 42.8 Å². The van der Waals surface area contributed by atoms with Crippen molar-refractivity contribution >= 4 is 40.1 Å². The lowest BCUT2D eigenvalue weighted by molar-refractivity contribution is 0.0952. The van der Waals surface area contributed by atoms with Crippen molar-refractivity contribution in [2.75, 3.05) is 18.1 Å². The Morgan fingerprint density at radius 1 is 1.31 bits per heavy atom. The van der Waals surface area contributed by atoms with Crippen molar-refractivity contribution in [2.45, 2.75) is 18.1 Å². The summed E-state index contributed by atoms with van der Waals surface area (Å²) in [6, 6.07) is 5.79. The molecule has 9 nitrogen and oxygen atoms in total. The first kappa shape index (κ1) is 18.9. The number of aromatic amines is 1. The highest BCUT2D eigenvalue weighted by Crippen LogP contribution is 2.23. The first-order chi connectivity index (χ1) is 14.2. The van der Waals surface area contributed by atoms with Crippen LogP contribution in [0.15, 0.2) is 54.5 Å². The molecule has 4 aromatic rings. The van der Waals surface area contributed by atoms with Crippen molar-refractivity contribution in [2.24, 2.45) is 0 Å². The molecule has 1 aromatic carbocycles. The van der Waals surface area contributed by atoms with Crippen LogP contribution in [0.5, 0.6) is 0 Å². The van der Waals surface area contributed by atoms with Gasteiger partial charge >= 0.3 is 0 Å². The van der Waals surface area contributed by atoms with Crippen molar-refractivity contribution in [3.05, 3.63) is 54.9 Å². The third-order valence-corrected chi connectivity index (χ3v) is 4.90. The summed E-state index contributed by atoms with van der Waals surface area (Å²) in [6.07, 6.45) is 11.4. The zero-order valence-electron chi connectivity index (χ0n) is 15.8. The SMILES string of the molecule is CSc1ncc(C(=O)NCCCn2ccnc2)c(Nc2ccc3[nH]ncc3c2)n1. The molecule has 0 radical (unpaired) electrons. The largest absolute Gasteiger partial charge is 0.352 e. The molecular formula is C19H20N8OS. The molecule has 3 N–H and O–H groups in total. The number of rotatable bonds is 8. The normalized spacial score (nSPS) is 10.9. The second kappa shape index (κ2) is 8.74. The van der Waals surface area contributed by atoms with E-state index in [1.807, 2.05) is 35.2 Å². The van der Waals surface area contributed by atoms with E-state index < -0.39 is 0 Å². The van der Waals surface area contributed by atoms with Crippen LogP contribution in [-0.4, -0.2) is 48.4 Å². The Morgan fingerprint density at radius 2 is 2.24 bits per heavy atom. The van der Waals surface area contributed by atoms with E-state index in [0.29, 0.717) is 23.1 Å². The molecule has 0 aliphatic heterocycles. The lowest BCUT2D eigenvalue weighted by Crippen LogP contribution is -2.26. The van der Waals surface area contributed by atoms with Gasteiger partial charge in [-0.05, 0) is 30.9 Å². The van der Waals surface area contributed by atoms with Gasteiger partial charge in [0.2, 0.25) is 0 Å². The maximum absolute atomic E-state index is 12.7. The molecule has 3 heterocycles. The van der Waals surface area contributed by atoms with Crippen LogP contribution in [0.25, 0.3) is 10.9 Å². The fourth-order valence-electron chi connectivity index (χ4n) is 2.86. The zero-order chi connectivity index (χ0) is 20.1. The number of aromatic nitrogens is 6. The molecule has 148 valence electrons. The smallest absolute Gasteiger partial charge is 0.256 e. The topological polar surface area (TPSA) is 113 Å². The molecule has 0 atom stereocenters. The number of amides is 1. The number of carbonyl (C=O) groups excluding carboxylic acids is 1. The van der Waals surface area contributed by atoms with E-state index >= 15 is 0 Å². The van der Waals surface area contributed by atoms with Crippen LogP contribution in [0.1, 0.15) is 16.8 Å². The van der Waals surface area contributed by atoms with Crippen molar-refractivity contribution in [1.82, 2.24) is 35.0 Å². The highest BCUT2D eigenvalue weighted by atomic mass is 32.2. The summed E-state index contributed by atoms with van der Waals surface area (Å²) in [5.74, 6) is 0.259. The second-order valence-corrected chi connectivity index (χ2v) is 7.10. The highest BCUT2D eigenvalue weighted by Gasteiger charge is 2.15. The van der Waals surface area contributed by atoms with Gasteiger partial charge in [-0.2, -0.15) is 5.10 Å².